The molecule has 2 N–H and O–H groups in total. The highest BCUT2D eigenvalue weighted by molar-refractivity contribution is 7.07. The number of thiazole rings is 1. The fourth-order valence-electron chi connectivity index (χ4n) is 2.37. The Bertz CT molecular complexity index is 591. The van der Waals surface area contributed by atoms with Crippen molar-refractivity contribution in [1.82, 2.24) is 9.88 Å². The van der Waals surface area contributed by atoms with Gasteiger partial charge in [0.25, 0.3) is 5.91 Å². The maximum atomic E-state index is 12.2. The highest BCUT2D eigenvalue weighted by atomic mass is 32.1. The highest BCUT2D eigenvalue weighted by Crippen LogP contribution is 2.19. The molecule has 2 aromatic rings. The van der Waals surface area contributed by atoms with E-state index < -0.39 is 0 Å². The van der Waals surface area contributed by atoms with E-state index in [1.165, 1.54) is 11.3 Å². The van der Waals surface area contributed by atoms with Gasteiger partial charge in [0.1, 0.15) is 5.69 Å². The summed E-state index contributed by atoms with van der Waals surface area (Å²) in [5.74, 6) is 0.0264. The van der Waals surface area contributed by atoms with Gasteiger partial charge in [0, 0.05) is 42.9 Å². The van der Waals surface area contributed by atoms with Crippen molar-refractivity contribution in [1.29, 1.82) is 0 Å². The lowest BCUT2D eigenvalue weighted by Gasteiger charge is -2.35. The summed E-state index contributed by atoms with van der Waals surface area (Å²) in [6.07, 6.45) is 0. The summed E-state index contributed by atoms with van der Waals surface area (Å²) in [6, 6.07) is 7.86. The van der Waals surface area contributed by atoms with Crippen molar-refractivity contribution in [2.75, 3.05) is 36.8 Å². The minimum atomic E-state index is 0.0264. The van der Waals surface area contributed by atoms with Crippen molar-refractivity contribution in [3.05, 3.63) is 40.8 Å². The molecule has 1 aromatic heterocycles. The van der Waals surface area contributed by atoms with Crippen molar-refractivity contribution >= 4 is 28.6 Å². The van der Waals surface area contributed by atoms with Gasteiger partial charge in [0.2, 0.25) is 0 Å². The maximum Gasteiger partial charge on any atom is 0.273 e. The van der Waals surface area contributed by atoms with E-state index in [1.807, 2.05) is 29.2 Å². The fraction of sp³-hybridized carbons (Fsp3) is 0.286. The van der Waals surface area contributed by atoms with Crippen LogP contribution in [0, 0.1) is 0 Å². The molecule has 0 atom stereocenters. The topological polar surface area (TPSA) is 62.5 Å². The van der Waals surface area contributed by atoms with Crippen molar-refractivity contribution in [3.8, 4) is 0 Å². The molecule has 5 nitrogen and oxygen atoms in total. The number of nitrogens with zero attached hydrogens (tertiary/aromatic N) is 3. The molecule has 1 amide bonds. The third-order valence-corrected chi connectivity index (χ3v) is 4.04. The van der Waals surface area contributed by atoms with Gasteiger partial charge in [-0.05, 0) is 18.2 Å². The molecule has 0 spiro atoms. The summed E-state index contributed by atoms with van der Waals surface area (Å²) >= 11 is 1.45. The zero-order valence-corrected chi connectivity index (χ0v) is 11.8. The number of carbonyl (C=O) groups excluding carboxylic acids is 1. The van der Waals surface area contributed by atoms with Crippen molar-refractivity contribution in [3.63, 3.8) is 0 Å². The summed E-state index contributed by atoms with van der Waals surface area (Å²) in [5.41, 5.74) is 9.93. The number of hydrogen-bond acceptors (Lipinski definition) is 5. The molecule has 0 aliphatic carbocycles. The zero-order chi connectivity index (χ0) is 13.9. The first-order valence-corrected chi connectivity index (χ1v) is 7.46. The van der Waals surface area contributed by atoms with Gasteiger partial charge in [-0.25, -0.2) is 4.98 Å². The number of carbonyl (C=O) groups is 1. The van der Waals surface area contributed by atoms with Crippen molar-refractivity contribution in [2.45, 2.75) is 0 Å². The normalized spacial score (nSPS) is 15.4. The number of hydrogen-bond donors (Lipinski definition) is 1. The molecule has 0 unspecified atom stereocenters. The summed E-state index contributed by atoms with van der Waals surface area (Å²) in [6.45, 7) is 3.06. The van der Waals surface area contributed by atoms with E-state index in [0.29, 0.717) is 18.8 Å². The Morgan fingerprint density at radius 3 is 2.70 bits per heavy atom. The zero-order valence-electron chi connectivity index (χ0n) is 11.0. The third-order valence-electron chi connectivity index (χ3n) is 3.45. The van der Waals surface area contributed by atoms with Gasteiger partial charge < -0.3 is 15.5 Å². The molecule has 0 bridgehead atoms. The Kier molecular flexibility index (Phi) is 3.56. The Hall–Kier alpha value is -2.08. The van der Waals surface area contributed by atoms with E-state index in [4.69, 9.17) is 5.73 Å². The molecule has 1 fully saturated rings. The minimum absolute atomic E-state index is 0.0264. The van der Waals surface area contributed by atoms with Crippen LogP contribution in [0.4, 0.5) is 11.4 Å². The molecule has 20 heavy (non-hydrogen) atoms. The van der Waals surface area contributed by atoms with Crippen LogP contribution in [0.1, 0.15) is 10.5 Å². The number of nitrogen functional groups attached to an aromatic ring is 1. The van der Waals surface area contributed by atoms with E-state index in [-0.39, 0.29) is 5.91 Å². The molecule has 6 heteroatoms. The van der Waals surface area contributed by atoms with Crippen LogP contribution in [0.3, 0.4) is 0 Å². The summed E-state index contributed by atoms with van der Waals surface area (Å²) in [7, 11) is 0. The SMILES string of the molecule is Nc1cccc(N2CCN(C(=O)c3cscn3)CC2)c1. The van der Waals surface area contributed by atoms with Crippen LogP contribution in [0.2, 0.25) is 0 Å². The standard InChI is InChI=1S/C14H16N4OS/c15-11-2-1-3-12(8-11)17-4-6-18(7-5-17)14(19)13-9-20-10-16-13/h1-3,8-10H,4-7,15H2. The maximum absolute atomic E-state index is 12.2. The second kappa shape index (κ2) is 5.50. The van der Waals surface area contributed by atoms with Crippen LogP contribution >= 0.6 is 11.3 Å². The van der Waals surface area contributed by atoms with E-state index in [9.17, 15) is 4.79 Å². The number of nitrogens with two attached hydrogens (primary N) is 1. The molecule has 3 rings (SSSR count). The molecule has 2 heterocycles. The molecular formula is C14H16N4OS. The van der Waals surface area contributed by atoms with Crippen LogP contribution in [-0.2, 0) is 0 Å². The monoisotopic (exact) mass is 288 g/mol. The van der Waals surface area contributed by atoms with Gasteiger partial charge in [-0.2, -0.15) is 0 Å². The van der Waals surface area contributed by atoms with Crippen LogP contribution in [-0.4, -0.2) is 42.0 Å². The lowest BCUT2D eigenvalue weighted by molar-refractivity contribution is 0.0741. The first kappa shape index (κ1) is 12.9. The Labute approximate surface area is 121 Å². The molecule has 1 aliphatic rings. The molecule has 0 saturated carbocycles. The first-order chi connectivity index (χ1) is 9.74. The predicted molar refractivity (Wildman–Crippen MR) is 81.1 cm³/mol. The summed E-state index contributed by atoms with van der Waals surface area (Å²) in [4.78, 5) is 20.4. The van der Waals surface area contributed by atoms with Crippen molar-refractivity contribution < 1.29 is 4.79 Å². The van der Waals surface area contributed by atoms with E-state index in [0.717, 1.165) is 24.5 Å². The first-order valence-electron chi connectivity index (χ1n) is 6.52. The molecule has 104 valence electrons. The second-order valence-corrected chi connectivity index (χ2v) is 5.47. The quantitative estimate of drug-likeness (QED) is 0.854. The van der Waals surface area contributed by atoms with Crippen LogP contribution < -0.4 is 10.6 Å². The van der Waals surface area contributed by atoms with E-state index in [1.54, 1.807) is 10.9 Å². The van der Waals surface area contributed by atoms with Crippen molar-refractivity contribution in [2.24, 2.45) is 0 Å². The largest absolute Gasteiger partial charge is 0.399 e. The summed E-state index contributed by atoms with van der Waals surface area (Å²) < 4.78 is 0. The summed E-state index contributed by atoms with van der Waals surface area (Å²) in [5, 5.41) is 1.80. The van der Waals surface area contributed by atoms with Gasteiger partial charge in [-0.3, -0.25) is 4.79 Å². The smallest absolute Gasteiger partial charge is 0.273 e. The molecule has 0 radical (unpaired) electrons. The van der Waals surface area contributed by atoms with E-state index in [2.05, 4.69) is 9.88 Å². The minimum Gasteiger partial charge on any atom is -0.399 e. The number of anilines is 2. The predicted octanol–water partition coefficient (Wildman–Crippen LogP) is 1.69. The van der Waals surface area contributed by atoms with Gasteiger partial charge in [-0.1, -0.05) is 6.07 Å². The number of aromatic nitrogens is 1. The van der Waals surface area contributed by atoms with Crippen LogP contribution in [0.5, 0.6) is 0 Å². The molecular weight excluding hydrogens is 272 g/mol. The Balaban J connectivity index is 1.64. The Morgan fingerprint density at radius 1 is 1.25 bits per heavy atom. The third kappa shape index (κ3) is 2.60. The lowest BCUT2D eigenvalue weighted by atomic mass is 10.2. The van der Waals surface area contributed by atoms with Crippen LogP contribution in [0.25, 0.3) is 0 Å². The number of rotatable bonds is 2. The van der Waals surface area contributed by atoms with Gasteiger partial charge in [0.05, 0.1) is 5.51 Å². The van der Waals surface area contributed by atoms with E-state index >= 15 is 0 Å². The van der Waals surface area contributed by atoms with Gasteiger partial charge in [0.15, 0.2) is 0 Å². The Morgan fingerprint density at radius 2 is 2.05 bits per heavy atom. The number of amides is 1. The average Bonchev–Trinajstić information content (AvgIpc) is 3.01. The molecule has 1 aliphatic heterocycles. The second-order valence-electron chi connectivity index (χ2n) is 4.75. The molecule has 1 aromatic carbocycles. The number of benzene rings is 1. The average molecular weight is 288 g/mol. The van der Waals surface area contributed by atoms with Crippen LogP contribution in [0.15, 0.2) is 35.2 Å². The lowest BCUT2D eigenvalue weighted by Crippen LogP contribution is -2.48. The molecule has 1 saturated heterocycles. The van der Waals surface area contributed by atoms with Gasteiger partial charge in [-0.15, -0.1) is 11.3 Å². The fourth-order valence-corrected chi connectivity index (χ4v) is 2.90. The number of piperazine rings is 1. The van der Waals surface area contributed by atoms with Gasteiger partial charge >= 0.3 is 0 Å². The highest BCUT2D eigenvalue weighted by Gasteiger charge is 2.23.